The summed E-state index contributed by atoms with van der Waals surface area (Å²) in [6, 6.07) is 25.5. The number of anilines is 2. The fourth-order valence-corrected chi connectivity index (χ4v) is 3.06. The lowest BCUT2D eigenvalue weighted by molar-refractivity contribution is -0.114. The number of ether oxygens (including phenoxy) is 2. The summed E-state index contributed by atoms with van der Waals surface area (Å²) in [6.07, 6.45) is 1.97. The van der Waals surface area contributed by atoms with Gasteiger partial charge >= 0.3 is 0 Å². The number of nitrogens with one attached hydrogen (secondary N) is 2. The minimum Gasteiger partial charge on any atom is -0.494 e. The first kappa shape index (κ1) is 23.2. The molecule has 0 aliphatic heterocycles. The molecule has 0 aliphatic carbocycles. The van der Waals surface area contributed by atoms with E-state index in [1.54, 1.807) is 0 Å². The van der Waals surface area contributed by atoms with Crippen molar-refractivity contribution in [3.8, 4) is 11.5 Å². The normalized spacial score (nSPS) is 10.6. The number of benzene rings is 3. The first-order valence-electron chi connectivity index (χ1n) is 11.1. The van der Waals surface area contributed by atoms with E-state index in [-0.39, 0.29) is 12.5 Å². The lowest BCUT2D eigenvalue weighted by atomic mass is 10.1. The lowest BCUT2D eigenvalue weighted by Gasteiger charge is -2.11. The van der Waals surface area contributed by atoms with Gasteiger partial charge in [0, 0.05) is 11.4 Å². The molecule has 0 aromatic heterocycles. The molecule has 0 atom stereocenters. The minimum absolute atomic E-state index is 0.109. The van der Waals surface area contributed by atoms with Crippen molar-refractivity contribution in [2.45, 2.75) is 26.7 Å². The van der Waals surface area contributed by atoms with Crippen LogP contribution in [0.15, 0.2) is 78.9 Å². The Morgan fingerprint density at radius 2 is 1.44 bits per heavy atom. The molecule has 3 aromatic rings. The zero-order chi connectivity index (χ0) is 22.6. The molecular formula is C27H32N2O3. The fourth-order valence-electron chi connectivity index (χ4n) is 3.06. The highest BCUT2D eigenvalue weighted by Crippen LogP contribution is 2.18. The SMILES string of the molecule is CC(C)COc1ccc(NC(=O)CNc2ccc(OCCCc3ccccc3)cc2)cc1. The highest BCUT2D eigenvalue weighted by atomic mass is 16.5. The Morgan fingerprint density at radius 3 is 2.09 bits per heavy atom. The van der Waals surface area contributed by atoms with Crippen molar-refractivity contribution >= 4 is 17.3 Å². The predicted molar refractivity (Wildman–Crippen MR) is 131 cm³/mol. The summed E-state index contributed by atoms with van der Waals surface area (Å²) in [5.41, 5.74) is 2.94. The molecule has 3 aromatic carbocycles. The van der Waals surface area contributed by atoms with Crippen LogP contribution in [0, 0.1) is 5.92 Å². The Kier molecular flexibility index (Phi) is 8.99. The van der Waals surface area contributed by atoms with Crippen LogP contribution in [-0.2, 0) is 11.2 Å². The number of carbonyl (C=O) groups is 1. The van der Waals surface area contributed by atoms with Crippen LogP contribution in [0.3, 0.4) is 0 Å². The molecule has 0 aliphatic rings. The number of hydrogen-bond donors (Lipinski definition) is 2. The topological polar surface area (TPSA) is 59.6 Å². The summed E-state index contributed by atoms with van der Waals surface area (Å²) in [5.74, 6) is 1.99. The Morgan fingerprint density at radius 1 is 0.812 bits per heavy atom. The molecule has 168 valence electrons. The van der Waals surface area contributed by atoms with Crippen LogP contribution in [-0.4, -0.2) is 25.7 Å². The van der Waals surface area contributed by atoms with Crippen molar-refractivity contribution < 1.29 is 14.3 Å². The van der Waals surface area contributed by atoms with Gasteiger partial charge in [-0.25, -0.2) is 0 Å². The summed E-state index contributed by atoms with van der Waals surface area (Å²) in [7, 11) is 0. The summed E-state index contributed by atoms with van der Waals surface area (Å²) in [5, 5.41) is 6.01. The van der Waals surface area contributed by atoms with E-state index in [9.17, 15) is 4.79 Å². The number of rotatable bonds is 12. The van der Waals surface area contributed by atoms with Crippen molar-refractivity contribution in [3.63, 3.8) is 0 Å². The maximum Gasteiger partial charge on any atom is 0.243 e. The van der Waals surface area contributed by atoms with Gasteiger partial charge in [-0.05, 0) is 72.9 Å². The molecule has 0 saturated heterocycles. The molecule has 0 unspecified atom stereocenters. The summed E-state index contributed by atoms with van der Waals surface area (Å²) in [6.45, 7) is 5.74. The molecule has 5 heteroatoms. The van der Waals surface area contributed by atoms with E-state index in [2.05, 4.69) is 48.7 Å². The van der Waals surface area contributed by atoms with E-state index in [1.807, 2.05) is 54.6 Å². The zero-order valence-corrected chi connectivity index (χ0v) is 18.8. The van der Waals surface area contributed by atoms with Gasteiger partial charge in [0.25, 0.3) is 0 Å². The predicted octanol–water partition coefficient (Wildman–Crippen LogP) is 5.78. The van der Waals surface area contributed by atoms with Crippen LogP contribution in [0.4, 0.5) is 11.4 Å². The van der Waals surface area contributed by atoms with Crippen molar-refractivity contribution in [2.24, 2.45) is 5.92 Å². The highest BCUT2D eigenvalue weighted by Gasteiger charge is 2.04. The highest BCUT2D eigenvalue weighted by molar-refractivity contribution is 5.93. The molecule has 2 N–H and O–H groups in total. The third-order valence-electron chi connectivity index (χ3n) is 4.75. The van der Waals surface area contributed by atoms with Gasteiger partial charge in [-0.1, -0.05) is 44.2 Å². The maximum atomic E-state index is 12.2. The fraction of sp³-hybridized carbons (Fsp3) is 0.296. The second kappa shape index (κ2) is 12.4. The number of carbonyl (C=O) groups excluding carboxylic acids is 1. The van der Waals surface area contributed by atoms with Gasteiger partial charge in [0.05, 0.1) is 19.8 Å². The summed E-state index contributed by atoms with van der Waals surface area (Å²) in [4.78, 5) is 12.2. The average Bonchev–Trinajstić information content (AvgIpc) is 2.81. The third kappa shape index (κ3) is 8.34. The standard InChI is InChI=1S/C27H32N2O3/c1-21(2)20-32-26-16-12-24(13-17-26)29-27(30)19-28-23-10-14-25(15-11-23)31-18-6-9-22-7-4-3-5-8-22/h3-5,7-8,10-17,21,28H,6,9,18-20H2,1-2H3,(H,29,30). The molecule has 0 saturated carbocycles. The first-order chi connectivity index (χ1) is 15.6. The van der Waals surface area contributed by atoms with E-state index in [0.29, 0.717) is 19.1 Å². The van der Waals surface area contributed by atoms with Crippen molar-refractivity contribution in [3.05, 3.63) is 84.4 Å². The second-order valence-electron chi connectivity index (χ2n) is 8.09. The van der Waals surface area contributed by atoms with Gasteiger partial charge in [0.15, 0.2) is 0 Å². The van der Waals surface area contributed by atoms with E-state index in [4.69, 9.17) is 9.47 Å². The smallest absolute Gasteiger partial charge is 0.243 e. The Bertz CT molecular complexity index is 939. The Balaban J connectivity index is 1.34. The molecule has 0 bridgehead atoms. The van der Waals surface area contributed by atoms with Crippen molar-refractivity contribution in [2.75, 3.05) is 30.4 Å². The van der Waals surface area contributed by atoms with Crippen LogP contribution < -0.4 is 20.1 Å². The quantitative estimate of drug-likeness (QED) is 0.356. The van der Waals surface area contributed by atoms with Crippen LogP contribution in [0.25, 0.3) is 0 Å². The molecule has 3 rings (SSSR count). The van der Waals surface area contributed by atoms with Crippen LogP contribution in [0.2, 0.25) is 0 Å². The second-order valence-corrected chi connectivity index (χ2v) is 8.09. The number of hydrogen-bond acceptors (Lipinski definition) is 4. The number of amides is 1. The van der Waals surface area contributed by atoms with E-state index in [1.165, 1.54) is 5.56 Å². The molecule has 0 spiro atoms. The minimum atomic E-state index is -0.109. The summed E-state index contributed by atoms with van der Waals surface area (Å²) >= 11 is 0. The van der Waals surface area contributed by atoms with Gasteiger partial charge in [0.1, 0.15) is 11.5 Å². The Hall–Kier alpha value is -3.47. The molecule has 0 radical (unpaired) electrons. The van der Waals surface area contributed by atoms with Gasteiger partial charge in [-0.2, -0.15) is 0 Å². The van der Waals surface area contributed by atoms with Crippen LogP contribution in [0.1, 0.15) is 25.8 Å². The molecule has 1 amide bonds. The van der Waals surface area contributed by atoms with E-state index in [0.717, 1.165) is 35.7 Å². The summed E-state index contributed by atoms with van der Waals surface area (Å²) < 4.78 is 11.5. The van der Waals surface area contributed by atoms with Crippen LogP contribution >= 0.6 is 0 Å². The van der Waals surface area contributed by atoms with Gasteiger partial charge in [-0.3, -0.25) is 4.79 Å². The number of aryl methyl sites for hydroxylation is 1. The average molecular weight is 433 g/mol. The van der Waals surface area contributed by atoms with Gasteiger partial charge in [0.2, 0.25) is 5.91 Å². The lowest BCUT2D eigenvalue weighted by Crippen LogP contribution is -2.21. The molecule has 0 fully saturated rings. The monoisotopic (exact) mass is 432 g/mol. The molecule has 0 heterocycles. The molecular weight excluding hydrogens is 400 g/mol. The third-order valence-corrected chi connectivity index (χ3v) is 4.75. The van der Waals surface area contributed by atoms with Crippen LogP contribution in [0.5, 0.6) is 11.5 Å². The Labute approximate surface area is 190 Å². The molecule has 5 nitrogen and oxygen atoms in total. The first-order valence-corrected chi connectivity index (χ1v) is 11.1. The maximum absolute atomic E-state index is 12.2. The molecule has 32 heavy (non-hydrogen) atoms. The largest absolute Gasteiger partial charge is 0.494 e. The van der Waals surface area contributed by atoms with Crippen molar-refractivity contribution in [1.29, 1.82) is 0 Å². The van der Waals surface area contributed by atoms with E-state index >= 15 is 0 Å². The van der Waals surface area contributed by atoms with Crippen molar-refractivity contribution in [1.82, 2.24) is 0 Å². The van der Waals surface area contributed by atoms with Gasteiger partial charge < -0.3 is 20.1 Å². The van der Waals surface area contributed by atoms with Gasteiger partial charge in [-0.15, -0.1) is 0 Å². The van der Waals surface area contributed by atoms with E-state index < -0.39 is 0 Å². The zero-order valence-electron chi connectivity index (χ0n) is 18.8.